The molecule has 2 atom stereocenters. The summed E-state index contributed by atoms with van der Waals surface area (Å²) in [6.45, 7) is 2.92. The Morgan fingerprint density at radius 2 is 2.12 bits per heavy atom. The topological polar surface area (TPSA) is 61.4 Å². The molecule has 2 N–H and O–H groups in total. The molecule has 2 amide bonds. The van der Waals surface area contributed by atoms with Gasteiger partial charge in [0.1, 0.15) is 5.82 Å². The van der Waals surface area contributed by atoms with Crippen molar-refractivity contribution in [1.29, 1.82) is 0 Å². The maximum absolute atomic E-state index is 13.3. The van der Waals surface area contributed by atoms with Gasteiger partial charge in [0, 0.05) is 19.6 Å². The Balaban J connectivity index is 0.00000243. The van der Waals surface area contributed by atoms with E-state index in [-0.39, 0.29) is 48.4 Å². The van der Waals surface area contributed by atoms with Gasteiger partial charge in [-0.15, -0.1) is 12.4 Å². The normalized spacial score (nSPS) is 22.6. The molecule has 0 radical (unpaired) electrons. The monoisotopic (exact) mass is 383 g/mol. The fourth-order valence-electron chi connectivity index (χ4n) is 3.67. The van der Waals surface area contributed by atoms with E-state index < -0.39 is 0 Å². The minimum absolute atomic E-state index is 0. The quantitative estimate of drug-likeness (QED) is 0.816. The van der Waals surface area contributed by atoms with Gasteiger partial charge < -0.3 is 15.5 Å². The Morgan fingerprint density at radius 1 is 1.27 bits per heavy atom. The number of carbonyl (C=O) groups excluding carboxylic acids is 2. The minimum Gasteiger partial charge on any atom is -0.354 e. The number of piperidine rings is 1. The molecule has 0 bridgehead atoms. The summed E-state index contributed by atoms with van der Waals surface area (Å²) in [6, 6.07) is 6.14. The molecule has 1 aromatic carbocycles. The van der Waals surface area contributed by atoms with Gasteiger partial charge in [-0.25, -0.2) is 4.39 Å². The molecule has 2 aliphatic rings. The number of likely N-dealkylation sites (tertiary alicyclic amines) is 1. The maximum atomic E-state index is 13.3. The van der Waals surface area contributed by atoms with Crippen molar-refractivity contribution in [2.45, 2.75) is 38.1 Å². The molecule has 144 valence electrons. The number of amides is 2. The summed E-state index contributed by atoms with van der Waals surface area (Å²) >= 11 is 0. The van der Waals surface area contributed by atoms with Crippen LogP contribution in [-0.2, 0) is 16.0 Å². The van der Waals surface area contributed by atoms with Gasteiger partial charge in [0.2, 0.25) is 11.8 Å². The standard InChI is InChI=1S/C19H26FN3O2.ClH/c20-16-6-1-4-14(10-16)11-18(24)23-9-3-5-15(13-23)12-22-19(25)17-7-2-8-21-17;/h1,4,6,10,15,17,21H,2-3,5,7-9,11-13H2,(H,22,25);1H. The fourth-order valence-corrected chi connectivity index (χ4v) is 3.67. The first kappa shape index (κ1) is 20.6. The van der Waals surface area contributed by atoms with Crippen LogP contribution in [0.25, 0.3) is 0 Å². The van der Waals surface area contributed by atoms with Crippen LogP contribution in [0, 0.1) is 11.7 Å². The molecule has 2 unspecified atom stereocenters. The molecule has 7 heteroatoms. The van der Waals surface area contributed by atoms with Crippen LogP contribution in [-0.4, -0.2) is 48.9 Å². The molecule has 2 aliphatic heterocycles. The van der Waals surface area contributed by atoms with Crippen molar-refractivity contribution >= 4 is 24.2 Å². The molecule has 5 nitrogen and oxygen atoms in total. The number of nitrogens with zero attached hydrogens (tertiary/aromatic N) is 1. The van der Waals surface area contributed by atoms with Crippen molar-refractivity contribution in [1.82, 2.24) is 15.5 Å². The minimum atomic E-state index is -0.315. The highest BCUT2D eigenvalue weighted by atomic mass is 35.5. The highest BCUT2D eigenvalue weighted by molar-refractivity contribution is 5.85. The number of halogens is 2. The third-order valence-electron chi connectivity index (χ3n) is 5.06. The van der Waals surface area contributed by atoms with Gasteiger partial charge in [0.15, 0.2) is 0 Å². The van der Waals surface area contributed by atoms with Gasteiger partial charge in [0.25, 0.3) is 0 Å². The molecule has 0 aliphatic carbocycles. The van der Waals surface area contributed by atoms with Crippen LogP contribution < -0.4 is 10.6 Å². The third kappa shape index (κ3) is 5.68. The van der Waals surface area contributed by atoms with E-state index in [1.54, 1.807) is 12.1 Å². The smallest absolute Gasteiger partial charge is 0.237 e. The second-order valence-electron chi connectivity index (χ2n) is 7.05. The lowest BCUT2D eigenvalue weighted by Crippen LogP contribution is -2.47. The van der Waals surface area contributed by atoms with Crippen LogP contribution in [0.5, 0.6) is 0 Å². The zero-order valence-electron chi connectivity index (χ0n) is 14.9. The van der Waals surface area contributed by atoms with E-state index in [0.29, 0.717) is 18.7 Å². The van der Waals surface area contributed by atoms with E-state index in [4.69, 9.17) is 0 Å². The van der Waals surface area contributed by atoms with Crippen molar-refractivity contribution in [3.8, 4) is 0 Å². The predicted molar refractivity (Wildman–Crippen MR) is 101 cm³/mol. The highest BCUT2D eigenvalue weighted by Crippen LogP contribution is 2.17. The molecule has 0 saturated carbocycles. The van der Waals surface area contributed by atoms with Crippen molar-refractivity contribution in [3.63, 3.8) is 0 Å². The molecule has 2 heterocycles. The molecule has 0 aromatic heterocycles. The summed E-state index contributed by atoms with van der Waals surface area (Å²) in [5.74, 6) is 0.0698. The van der Waals surface area contributed by atoms with Crippen molar-refractivity contribution < 1.29 is 14.0 Å². The molecule has 3 rings (SSSR count). The third-order valence-corrected chi connectivity index (χ3v) is 5.06. The highest BCUT2D eigenvalue weighted by Gasteiger charge is 2.26. The van der Waals surface area contributed by atoms with Crippen LogP contribution in [0.3, 0.4) is 0 Å². The van der Waals surface area contributed by atoms with Crippen molar-refractivity contribution in [2.75, 3.05) is 26.2 Å². The Hall–Kier alpha value is -1.66. The second kappa shape index (κ2) is 9.88. The molecule has 1 aromatic rings. The average Bonchev–Trinajstić information content (AvgIpc) is 3.15. The zero-order valence-corrected chi connectivity index (χ0v) is 15.7. The van der Waals surface area contributed by atoms with Crippen LogP contribution in [0.15, 0.2) is 24.3 Å². The van der Waals surface area contributed by atoms with E-state index in [2.05, 4.69) is 10.6 Å². The molecular formula is C19H27ClFN3O2. The number of rotatable bonds is 5. The zero-order chi connectivity index (χ0) is 17.6. The number of hydrogen-bond acceptors (Lipinski definition) is 3. The number of benzene rings is 1. The van der Waals surface area contributed by atoms with E-state index in [1.165, 1.54) is 12.1 Å². The summed E-state index contributed by atoms with van der Waals surface area (Å²) in [6.07, 6.45) is 4.13. The maximum Gasteiger partial charge on any atom is 0.237 e. The van der Waals surface area contributed by atoms with Crippen LogP contribution >= 0.6 is 12.4 Å². The number of carbonyl (C=O) groups is 2. The van der Waals surface area contributed by atoms with Crippen molar-refractivity contribution in [2.24, 2.45) is 5.92 Å². The first-order valence-corrected chi connectivity index (χ1v) is 9.15. The molecular weight excluding hydrogens is 357 g/mol. The lowest BCUT2D eigenvalue weighted by atomic mass is 9.97. The summed E-state index contributed by atoms with van der Waals surface area (Å²) < 4.78 is 13.3. The molecule has 0 spiro atoms. The SMILES string of the molecule is Cl.O=C(NCC1CCCN(C(=O)Cc2cccc(F)c2)C1)C1CCCN1. The summed E-state index contributed by atoms with van der Waals surface area (Å²) in [7, 11) is 0. The van der Waals surface area contributed by atoms with E-state index in [0.717, 1.165) is 38.8 Å². The van der Waals surface area contributed by atoms with Gasteiger partial charge in [-0.1, -0.05) is 12.1 Å². The largest absolute Gasteiger partial charge is 0.354 e. The van der Waals surface area contributed by atoms with Crippen LogP contribution in [0.1, 0.15) is 31.2 Å². The summed E-state index contributed by atoms with van der Waals surface area (Å²) in [5, 5.41) is 6.22. The van der Waals surface area contributed by atoms with E-state index in [1.807, 2.05) is 4.90 Å². The Morgan fingerprint density at radius 3 is 2.85 bits per heavy atom. The van der Waals surface area contributed by atoms with Crippen LogP contribution in [0.4, 0.5) is 4.39 Å². The van der Waals surface area contributed by atoms with Gasteiger partial charge >= 0.3 is 0 Å². The Bertz CT molecular complexity index is 623. The van der Waals surface area contributed by atoms with Gasteiger partial charge in [-0.05, 0) is 55.8 Å². The van der Waals surface area contributed by atoms with Crippen LogP contribution in [0.2, 0.25) is 0 Å². The second-order valence-corrected chi connectivity index (χ2v) is 7.05. The number of nitrogens with one attached hydrogen (secondary N) is 2. The number of hydrogen-bond donors (Lipinski definition) is 2. The summed E-state index contributed by atoms with van der Waals surface area (Å²) in [4.78, 5) is 26.4. The van der Waals surface area contributed by atoms with Gasteiger partial charge in [-0.3, -0.25) is 9.59 Å². The van der Waals surface area contributed by atoms with Gasteiger partial charge in [-0.2, -0.15) is 0 Å². The van der Waals surface area contributed by atoms with E-state index >= 15 is 0 Å². The lowest BCUT2D eigenvalue weighted by molar-refractivity contribution is -0.132. The first-order valence-electron chi connectivity index (χ1n) is 9.15. The summed E-state index contributed by atoms with van der Waals surface area (Å²) in [5.41, 5.74) is 0.702. The average molecular weight is 384 g/mol. The lowest BCUT2D eigenvalue weighted by Gasteiger charge is -2.33. The van der Waals surface area contributed by atoms with E-state index in [9.17, 15) is 14.0 Å². The first-order chi connectivity index (χ1) is 12.1. The molecule has 2 saturated heterocycles. The predicted octanol–water partition coefficient (Wildman–Crippen LogP) is 1.90. The fraction of sp³-hybridized carbons (Fsp3) is 0.579. The van der Waals surface area contributed by atoms with Crippen molar-refractivity contribution in [3.05, 3.63) is 35.6 Å². The Labute approximate surface area is 160 Å². The Kier molecular flexibility index (Phi) is 7.85. The van der Waals surface area contributed by atoms with Gasteiger partial charge in [0.05, 0.1) is 12.5 Å². The molecule has 26 heavy (non-hydrogen) atoms. The molecule has 2 fully saturated rings.